The number of aromatic hydroxyl groups is 1. The van der Waals surface area contributed by atoms with E-state index in [1.807, 2.05) is 30.3 Å². The van der Waals surface area contributed by atoms with Gasteiger partial charge in [-0.25, -0.2) is 9.37 Å². The Morgan fingerprint density at radius 3 is 2.49 bits per heavy atom. The summed E-state index contributed by atoms with van der Waals surface area (Å²) in [7, 11) is 1.42. The van der Waals surface area contributed by atoms with Crippen molar-refractivity contribution in [1.82, 2.24) is 24.8 Å². The molecule has 5 rings (SSSR count). The van der Waals surface area contributed by atoms with Crippen LogP contribution in [0.5, 0.6) is 5.75 Å². The van der Waals surface area contributed by atoms with Gasteiger partial charge in [0.1, 0.15) is 17.3 Å². The van der Waals surface area contributed by atoms with Crippen molar-refractivity contribution in [2.45, 2.75) is 31.7 Å². The first-order valence-electron chi connectivity index (χ1n) is 13.0. The van der Waals surface area contributed by atoms with E-state index in [-0.39, 0.29) is 30.5 Å². The maximum atomic E-state index is 13.6. The minimum absolute atomic E-state index is 0.0217. The predicted molar refractivity (Wildman–Crippen MR) is 146 cm³/mol. The normalized spacial score (nSPS) is 16.5. The molecule has 0 aliphatic carbocycles. The van der Waals surface area contributed by atoms with Crippen LogP contribution in [0.25, 0.3) is 0 Å². The molecule has 1 saturated heterocycles. The quantitative estimate of drug-likeness (QED) is 0.341. The SMILES string of the molecule is Cn1c(C2CC(OCc3ccccc3)CN2C(=O)c2ccccn2)nc(C(=O)NCc2ccc(F)cc2)c(O)c1=O. The summed E-state index contributed by atoms with van der Waals surface area (Å²) >= 11 is 0. The van der Waals surface area contributed by atoms with Crippen molar-refractivity contribution < 1.29 is 23.8 Å². The number of carbonyl (C=O) groups excluding carboxylic acids is 2. The molecule has 1 aliphatic rings. The van der Waals surface area contributed by atoms with Crippen molar-refractivity contribution in [3.63, 3.8) is 0 Å². The fourth-order valence-corrected chi connectivity index (χ4v) is 4.74. The highest BCUT2D eigenvalue weighted by molar-refractivity contribution is 5.95. The minimum Gasteiger partial charge on any atom is -0.501 e. The number of hydrogen-bond donors (Lipinski definition) is 2. The van der Waals surface area contributed by atoms with E-state index in [9.17, 15) is 23.9 Å². The van der Waals surface area contributed by atoms with Gasteiger partial charge in [0.25, 0.3) is 17.4 Å². The molecule has 4 aromatic rings. The molecule has 11 heteroatoms. The molecule has 2 N–H and O–H groups in total. The van der Waals surface area contributed by atoms with Crippen molar-refractivity contribution in [2.75, 3.05) is 6.54 Å². The van der Waals surface area contributed by atoms with Crippen molar-refractivity contribution in [3.05, 3.63) is 124 Å². The highest BCUT2D eigenvalue weighted by Gasteiger charge is 2.40. The van der Waals surface area contributed by atoms with Gasteiger partial charge in [0, 0.05) is 32.8 Å². The van der Waals surface area contributed by atoms with Gasteiger partial charge in [-0.2, -0.15) is 0 Å². The van der Waals surface area contributed by atoms with Crippen LogP contribution in [-0.4, -0.2) is 49.0 Å². The van der Waals surface area contributed by atoms with Gasteiger partial charge >= 0.3 is 0 Å². The summed E-state index contributed by atoms with van der Waals surface area (Å²) < 4.78 is 20.5. The fraction of sp³-hybridized carbons (Fsp3) is 0.233. The number of benzene rings is 2. The second-order valence-electron chi connectivity index (χ2n) is 9.68. The highest BCUT2D eigenvalue weighted by Crippen LogP contribution is 2.34. The Kier molecular flexibility index (Phi) is 8.16. The number of aromatic nitrogens is 3. The van der Waals surface area contributed by atoms with Crippen LogP contribution >= 0.6 is 0 Å². The summed E-state index contributed by atoms with van der Waals surface area (Å²) in [5, 5.41) is 13.1. The van der Waals surface area contributed by atoms with E-state index in [1.165, 1.54) is 42.4 Å². The third-order valence-corrected chi connectivity index (χ3v) is 6.92. The molecule has 2 aromatic carbocycles. The van der Waals surface area contributed by atoms with E-state index in [0.717, 1.165) is 10.1 Å². The molecular formula is C30H28FN5O5. The second kappa shape index (κ2) is 12.1. The molecule has 1 fully saturated rings. The number of halogens is 1. The van der Waals surface area contributed by atoms with E-state index >= 15 is 0 Å². The number of amides is 2. The lowest BCUT2D eigenvalue weighted by atomic mass is 10.1. The first-order valence-corrected chi connectivity index (χ1v) is 13.0. The summed E-state index contributed by atoms with van der Waals surface area (Å²) in [5.41, 5.74) is 0.491. The van der Waals surface area contributed by atoms with Gasteiger partial charge < -0.3 is 20.1 Å². The van der Waals surface area contributed by atoms with Crippen LogP contribution in [0.2, 0.25) is 0 Å². The third kappa shape index (κ3) is 6.15. The first kappa shape index (κ1) is 27.7. The number of ether oxygens (including phenoxy) is 1. The summed E-state index contributed by atoms with van der Waals surface area (Å²) in [5.74, 6) is -2.28. The maximum absolute atomic E-state index is 13.6. The average Bonchev–Trinajstić information content (AvgIpc) is 3.43. The molecule has 0 radical (unpaired) electrons. The van der Waals surface area contributed by atoms with E-state index < -0.39 is 40.9 Å². The molecule has 1 aliphatic heterocycles. The van der Waals surface area contributed by atoms with E-state index in [0.29, 0.717) is 18.6 Å². The lowest BCUT2D eigenvalue weighted by molar-refractivity contribution is 0.0436. The fourth-order valence-electron chi connectivity index (χ4n) is 4.74. The molecule has 0 saturated carbocycles. The molecule has 2 amide bonds. The van der Waals surface area contributed by atoms with Crippen molar-refractivity contribution >= 4 is 11.8 Å². The topological polar surface area (TPSA) is 127 Å². The Hall–Kier alpha value is -4.90. The van der Waals surface area contributed by atoms with Crippen LogP contribution in [-0.2, 0) is 24.9 Å². The van der Waals surface area contributed by atoms with Gasteiger partial charge in [-0.3, -0.25) is 23.9 Å². The number of likely N-dealkylation sites (tertiary alicyclic amines) is 1. The van der Waals surface area contributed by atoms with Crippen LogP contribution in [0.4, 0.5) is 4.39 Å². The maximum Gasteiger partial charge on any atom is 0.296 e. The molecule has 210 valence electrons. The van der Waals surface area contributed by atoms with Crippen LogP contribution in [0.1, 0.15) is 50.4 Å². The largest absolute Gasteiger partial charge is 0.501 e. The average molecular weight is 558 g/mol. The first-order chi connectivity index (χ1) is 19.8. The number of nitrogens with one attached hydrogen (secondary N) is 1. The zero-order valence-electron chi connectivity index (χ0n) is 22.2. The molecule has 0 spiro atoms. The summed E-state index contributed by atoms with van der Waals surface area (Å²) in [6, 6.07) is 19.4. The predicted octanol–water partition coefficient (Wildman–Crippen LogP) is 3.12. The number of hydrogen-bond acceptors (Lipinski definition) is 7. The van der Waals surface area contributed by atoms with Crippen molar-refractivity contribution in [1.29, 1.82) is 0 Å². The number of rotatable bonds is 8. The van der Waals surface area contributed by atoms with Gasteiger partial charge in [0.2, 0.25) is 5.75 Å². The van der Waals surface area contributed by atoms with E-state index in [2.05, 4.69) is 15.3 Å². The number of nitrogens with zero attached hydrogens (tertiary/aromatic N) is 4. The monoisotopic (exact) mass is 557 g/mol. The van der Waals surface area contributed by atoms with E-state index in [4.69, 9.17) is 4.74 Å². The smallest absolute Gasteiger partial charge is 0.296 e. The minimum atomic E-state index is -0.833. The van der Waals surface area contributed by atoms with Crippen molar-refractivity contribution in [3.8, 4) is 5.75 Å². The van der Waals surface area contributed by atoms with Gasteiger partial charge in [-0.15, -0.1) is 0 Å². The molecule has 41 heavy (non-hydrogen) atoms. The van der Waals surface area contributed by atoms with Crippen LogP contribution in [0.15, 0.2) is 83.8 Å². The van der Waals surface area contributed by atoms with E-state index in [1.54, 1.807) is 18.2 Å². The lowest BCUT2D eigenvalue weighted by Crippen LogP contribution is -2.37. The Labute approximate surface area is 235 Å². The third-order valence-electron chi connectivity index (χ3n) is 6.92. The summed E-state index contributed by atoms with van der Waals surface area (Å²) in [6.07, 6.45) is 1.42. The molecule has 2 aromatic heterocycles. The number of pyridine rings is 1. The zero-order chi connectivity index (χ0) is 28.9. The van der Waals surface area contributed by atoms with Gasteiger partial charge in [-0.05, 0) is 35.4 Å². The standard InChI is InChI=1S/C30H28FN5O5/c1-35-27(34-25(26(37)30(35)40)28(38)33-16-19-10-12-21(31)13-11-19)24-15-22(41-18-20-7-3-2-4-8-20)17-36(24)29(39)23-9-5-6-14-32-23/h2-14,22,24,37H,15-18H2,1H3,(H,33,38). The molecule has 10 nitrogen and oxygen atoms in total. The highest BCUT2D eigenvalue weighted by atomic mass is 19.1. The Morgan fingerprint density at radius 2 is 1.78 bits per heavy atom. The Bertz CT molecular complexity index is 1600. The summed E-state index contributed by atoms with van der Waals surface area (Å²) in [6.45, 7) is 0.548. The molecule has 2 atom stereocenters. The second-order valence-corrected chi connectivity index (χ2v) is 9.68. The van der Waals surface area contributed by atoms with Gasteiger partial charge in [-0.1, -0.05) is 48.5 Å². The lowest BCUT2D eigenvalue weighted by Gasteiger charge is -2.25. The van der Waals surface area contributed by atoms with Gasteiger partial charge in [0.05, 0.1) is 18.8 Å². The van der Waals surface area contributed by atoms with Crippen LogP contribution in [0, 0.1) is 5.82 Å². The van der Waals surface area contributed by atoms with Crippen LogP contribution < -0.4 is 10.9 Å². The number of carbonyl (C=O) groups is 2. The molecular weight excluding hydrogens is 529 g/mol. The molecule has 2 unspecified atom stereocenters. The molecule has 3 heterocycles. The van der Waals surface area contributed by atoms with Crippen LogP contribution in [0.3, 0.4) is 0 Å². The van der Waals surface area contributed by atoms with Crippen molar-refractivity contribution in [2.24, 2.45) is 7.05 Å². The Balaban J connectivity index is 1.44. The molecule has 0 bridgehead atoms. The zero-order valence-corrected chi connectivity index (χ0v) is 22.2. The Morgan fingerprint density at radius 1 is 1.05 bits per heavy atom. The summed E-state index contributed by atoms with van der Waals surface area (Å²) in [4.78, 5) is 49.7. The van der Waals surface area contributed by atoms with Gasteiger partial charge in [0.15, 0.2) is 5.69 Å².